The van der Waals surface area contributed by atoms with Gasteiger partial charge in [-0.25, -0.2) is 15.0 Å². The van der Waals surface area contributed by atoms with Crippen LogP contribution < -0.4 is 21.1 Å². The zero-order chi connectivity index (χ0) is 24.3. The molecule has 2 aliphatic rings. The molecule has 0 unspecified atom stereocenters. The number of nitrogens with zero attached hydrogens (tertiary/aromatic N) is 5. The van der Waals surface area contributed by atoms with Gasteiger partial charge in [0.05, 0.1) is 12.2 Å². The standard InChI is InChI=1S/C26H27N7OS/c1-14-8-19-18(11-26(14,2)3)22(32-24(27)30-19)33-6-7-34-21-5-4-15(9-17(21)13-33)16-10-20-23(29-12-16)35-25(28)31-20/h4-5,8-10,12H,6-7,11,13H2,1-3H3,(H2,28,31)(H2,27,30,32). The number of rotatable bonds is 2. The highest BCUT2D eigenvalue weighted by Crippen LogP contribution is 2.41. The Bertz CT molecular complexity index is 1510. The van der Waals surface area contributed by atoms with E-state index in [-0.39, 0.29) is 5.41 Å². The number of hydrogen-bond acceptors (Lipinski definition) is 9. The van der Waals surface area contributed by atoms with E-state index in [9.17, 15) is 0 Å². The topological polar surface area (TPSA) is 116 Å². The van der Waals surface area contributed by atoms with Crippen LogP contribution in [0.1, 0.15) is 37.6 Å². The van der Waals surface area contributed by atoms with Crippen molar-refractivity contribution in [3.8, 4) is 16.9 Å². The molecule has 0 spiro atoms. The molecule has 35 heavy (non-hydrogen) atoms. The summed E-state index contributed by atoms with van der Waals surface area (Å²) in [7, 11) is 0. The van der Waals surface area contributed by atoms with Gasteiger partial charge < -0.3 is 21.1 Å². The van der Waals surface area contributed by atoms with Gasteiger partial charge in [0.1, 0.15) is 28.5 Å². The molecule has 1 aliphatic heterocycles. The lowest BCUT2D eigenvalue weighted by Crippen LogP contribution is -2.31. The van der Waals surface area contributed by atoms with E-state index >= 15 is 0 Å². The summed E-state index contributed by atoms with van der Waals surface area (Å²) in [5.41, 5.74) is 19.4. The Morgan fingerprint density at radius 2 is 1.94 bits per heavy atom. The van der Waals surface area contributed by atoms with Gasteiger partial charge in [0.25, 0.3) is 0 Å². The van der Waals surface area contributed by atoms with E-state index in [1.54, 1.807) is 0 Å². The Morgan fingerprint density at radius 1 is 1.09 bits per heavy atom. The molecule has 6 rings (SSSR count). The van der Waals surface area contributed by atoms with E-state index in [4.69, 9.17) is 21.2 Å². The first-order valence-electron chi connectivity index (χ1n) is 11.6. The summed E-state index contributed by atoms with van der Waals surface area (Å²) in [5.74, 6) is 2.07. The second kappa shape index (κ2) is 7.91. The van der Waals surface area contributed by atoms with Crippen molar-refractivity contribution < 1.29 is 4.74 Å². The van der Waals surface area contributed by atoms with E-state index in [0.29, 0.717) is 30.8 Å². The van der Waals surface area contributed by atoms with Crippen molar-refractivity contribution in [3.05, 3.63) is 52.9 Å². The first-order valence-corrected chi connectivity index (χ1v) is 12.5. The molecule has 0 fully saturated rings. The van der Waals surface area contributed by atoms with Crippen molar-refractivity contribution in [1.82, 2.24) is 19.9 Å². The number of anilines is 3. The third kappa shape index (κ3) is 3.85. The van der Waals surface area contributed by atoms with Crippen LogP contribution in [0.25, 0.3) is 27.6 Å². The largest absolute Gasteiger partial charge is 0.491 e. The fraction of sp³-hybridized carbons (Fsp3) is 0.308. The van der Waals surface area contributed by atoms with Crippen molar-refractivity contribution in [2.45, 2.75) is 33.7 Å². The number of nitrogens with two attached hydrogens (primary N) is 2. The van der Waals surface area contributed by atoms with E-state index < -0.39 is 0 Å². The molecule has 1 aliphatic carbocycles. The van der Waals surface area contributed by atoms with Crippen LogP contribution in [0.15, 0.2) is 36.0 Å². The number of thiazole rings is 1. The predicted octanol–water partition coefficient (Wildman–Crippen LogP) is 4.70. The van der Waals surface area contributed by atoms with Crippen LogP contribution >= 0.6 is 11.3 Å². The Kier molecular flexibility index (Phi) is 4.93. The average molecular weight is 486 g/mol. The minimum atomic E-state index is 0.0411. The SMILES string of the molecule is CC1=Cc2nc(N)nc(N3CCOc4ccc(-c5cnc6sc(N)nc6c5)cc4C3)c2CC1(C)C. The zero-order valence-corrected chi connectivity index (χ0v) is 20.8. The van der Waals surface area contributed by atoms with Gasteiger partial charge in [-0.2, -0.15) is 4.98 Å². The molecule has 1 aromatic carbocycles. The van der Waals surface area contributed by atoms with E-state index in [1.807, 2.05) is 18.3 Å². The lowest BCUT2D eigenvalue weighted by atomic mass is 9.75. The normalized spacial score (nSPS) is 16.8. The summed E-state index contributed by atoms with van der Waals surface area (Å²) in [6.07, 6.45) is 4.89. The van der Waals surface area contributed by atoms with Crippen LogP contribution in [0, 0.1) is 5.41 Å². The van der Waals surface area contributed by atoms with Crippen molar-refractivity contribution in [2.24, 2.45) is 5.41 Å². The molecule has 0 saturated carbocycles. The predicted molar refractivity (Wildman–Crippen MR) is 141 cm³/mol. The molecular formula is C26H27N7OS. The Labute approximate surface area is 207 Å². The molecule has 4 aromatic rings. The molecule has 9 heteroatoms. The molecule has 0 atom stereocenters. The maximum atomic E-state index is 6.15. The monoisotopic (exact) mass is 485 g/mol. The Morgan fingerprint density at radius 3 is 2.80 bits per heavy atom. The molecule has 0 amide bonds. The van der Waals surface area contributed by atoms with Gasteiger partial charge in [-0.15, -0.1) is 0 Å². The van der Waals surface area contributed by atoms with E-state index in [1.165, 1.54) is 16.9 Å². The van der Waals surface area contributed by atoms with Gasteiger partial charge in [-0.05, 0) is 48.6 Å². The first-order chi connectivity index (χ1) is 16.8. The highest BCUT2D eigenvalue weighted by atomic mass is 32.1. The fourth-order valence-corrected chi connectivity index (χ4v) is 5.45. The molecule has 8 nitrogen and oxygen atoms in total. The van der Waals surface area contributed by atoms with Crippen molar-refractivity contribution >= 4 is 44.7 Å². The number of aromatic nitrogens is 4. The van der Waals surface area contributed by atoms with Gasteiger partial charge in [-0.1, -0.05) is 36.8 Å². The summed E-state index contributed by atoms with van der Waals surface area (Å²) >= 11 is 1.39. The number of nitrogen functional groups attached to an aromatic ring is 2. The Hall–Kier alpha value is -3.72. The number of benzene rings is 1. The summed E-state index contributed by atoms with van der Waals surface area (Å²) in [6, 6.07) is 8.29. The van der Waals surface area contributed by atoms with Gasteiger partial charge in [0.2, 0.25) is 5.95 Å². The molecule has 3 aromatic heterocycles. The van der Waals surface area contributed by atoms with Crippen LogP contribution in [0.5, 0.6) is 5.75 Å². The van der Waals surface area contributed by atoms with Crippen LogP contribution in [0.4, 0.5) is 16.9 Å². The minimum Gasteiger partial charge on any atom is -0.491 e. The Balaban J connectivity index is 1.39. The molecule has 4 heterocycles. The molecule has 4 N–H and O–H groups in total. The quantitative estimate of drug-likeness (QED) is 0.420. The summed E-state index contributed by atoms with van der Waals surface area (Å²) < 4.78 is 6.13. The average Bonchev–Trinajstić information content (AvgIpc) is 3.05. The van der Waals surface area contributed by atoms with Crippen molar-refractivity contribution in [3.63, 3.8) is 0 Å². The van der Waals surface area contributed by atoms with Crippen molar-refractivity contribution in [1.29, 1.82) is 0 Å². The second-order valence-corrected chi connectivity index (χ2v) is 10.9. The van der Waals surface area contributed by atoms with Crippen LogP contribution in [-0.2, 0) is 13.0 Å². The maximum Gasteiger partial charge on any atom is 0.222 e. The molecular weight excluding hydrogens is 458 g/mol. The number of ether oxygens (including phenoxy) is 1. The van der Waals surface area contributed by atoms with Gasteiger partial charge in [0, 0.05) is 29.4 Å². The van der Waals surface area contributed by atoms with E-state index in [0.717, 1.165) is 56.3 Å². The second-order valence-electron chi connectivity index (χ2n) is 9.85. The first kappa shape index (κ1) is 21.8. The maximum absolute atomic E-state index is 6.15. The number of hydrogen-bond donors (Lipinski definition) is 2. The van der Waals surface area contributed by atoms with Crippen LogP contribution in [0.2, 0.25) is 0 Å². The van der Waals surface area contributed by atoms with Crippen molar-refractivity contribution in [2.75, 3.05) is 29.5 Å². The summed E-state index contributed by atoms with van der Waals surface area (Å²) in [4.78, 5) is 21.3. The molecule has 178 valence electrons. The summed E-state index contributed by atoms with van der Waals surface area (Å²) in [6.45, 7) is 8.61. The zero-order valence-electron chi connectivity index (χ0n) is 20.0. The number of allylic oxidation sites excluding steroid dienone is 1. The smallest absolute Gasteiger partial charge is 0.222 e. The van der Waals surface area contributed by atoms with Gasteiger partial charge in [-0.3, -0.25) is 0 Å². The third-order valence-corrected chi connectivity index (χ3v) is 7.82. The van der Waals surface area contributed by atoms with E-state index in [2.05, 4.69) is 58.8 Å². The fourth-order valence-electron chi connectivity index (χ4n) is 4.79. The lowest BCUT2D eigenvalue weighted by Gasteiger charge is -2.34. The molecule has 0 bridgehead atoms. The lowest BCUT2D eigenvalue weighted by molar-refractivity contribution is 0.331. The van der Waals surface area contributed by atoms with Crippen LogP contribution in [-0.4, -0.2) is 33.1 Å². The highest BCUT2D eigenvalue weighted by molar-refractivity contribution is 7.21. The molecule has 0 saturated heterocycles. The van der Waals surface area contributed by atoms with Gasteiger partial charge >= 0.3 is 0 Å². The summed E-state index contributed by atoms with van der Waals surface area (Å²) in [5, 5.41) is 0.524. The van der Waals surface area contributed by atoms with Gasteiger partial charge in [0.15, 0.2) is 5.13 Å². The highest BCUT2D eigenvalue weighted by Gasteiger charge is 2.31. The minimum absolute atomic E-state index is 0.0411. The number of fused-ring (bicyclic) bond motifs is 3. The van der Waals surface area contributed by atoms with Crippen LogP contribution in [0.3, 0.4) is 0 Å². The third-order valence-electron chi connectivity index (χ3n) is 7.01. The molecule has 0 radical (unpaired) electrons. The number of pyridine rings is 1.